The normalized spacial score (nSPS) is 13.7. The van der Waals surface area contributed by atoms with E-state index in [0.717, 1.165) is 10.5 Å². The number of amides is 2. The van der Waals surface area contributed by atoms with Gasteiger partial charge in [-0.1, -0.05) is 35.9 Å². The minimum Gasteiger partial charge on any atom is -0.496 e. The van der Waals surface area contributed by atoms with E-state index in [4.69, 9.17) is 16.3 Å². The first-order chi connectivity index (χ1) is 14.9. The van der Waals surface area contributed by atoms with E-state index in [-0.39, 0.29) is 17.0 Å². The van der Waals surface area contributed by atoms with Crippen LogP contribution in [0.3, 0.4) is 0 Å². The van der Waals surface area contributed by atoms with Crippen molar-refractivity contribution in [2.24, 2.45) is 0 Å². The van der Waals surface area contributed by atoms with Crippen LogP contribution in [0.2, 0.25) is 5.02 Å². The summed E-state index contributed by atoms with van der Waals surface area (Å²) in [6.45, 7) is 1.81. The summed E-state index contributed by atoms with van der Waals surface area (Å²) in [5.41, 5.74) is 2.31. The van der Waals surface area contributed by atoms with Gasteiger partial charge < -0.3 is 10.1 Å². The summed E-state index contributed by atoms with van der Waals surface area (Å²) >= 11 is 6.23. The zero-order chi connectivity index (χ0) is 22.1. The van der Waals surface area contributed by atoms with Gasteiger partial charge in [0.05, 0.1) is 18.4 Å². The number of ether oxygens (including phenoxy) is 1. The molecule has 0 atom stereocenters. The summed E-state index contributed by atoms with van der Waals surface area (Å²) in [7, 11) is 1.49. The molecule has 1 heterocycles. The highest BCUT2D eigenvalue weighted by Gasteiger charge is 2.41. The smallest absolute Gasteiger partial charge is 0.282 e. The number of carbonyl (C=O) groups is 2. The largest absolute Gasteiger partial charge is 0.496 e. The third-order valence-electron chi connectivity index (χ3n) is 5.07. The monoisotopic (exact) mass is 436 g/mol. The van der Waals surface area contributed by atoms with Crippen LogP contribution in [0.15, 0.2) is 72.4 Å². The van der Waals surface area contributed by atoms with Crippen molar-refractivity contribution in [3.63, 3.8) is 0 Å². The fourth-order valence-electron chi connectivity index (χ4n) is 3.45. The van der Waals surface area contributed by atoms with Gasteiger partial charge in [0, 0.05) is 16.3 Å². The molecular formula is C24H18ClFN2O3. The molecule has 0 saturated heterocycles. The molecule has 2 amide bonds. The molecule has 1 N–H and O–H groups in total. The maximum absolute atomic E-state index is 13.5. The van der Waals surface area contributed by atoms with Crippen molar-refractivity contribution in [1.29, 1.82) is 0 Å². The number of imide groups is 1. The van der Waals surface area contributed by atoms with Gasteiger partial charge in [-0.05, 0) is 55.0 Å². The van der Waals surface area contributed by atoms with Gasteiger partial charge in [0.2, 0.25) is 0 Å². The van der Waals surface area contributed by atoms with E-state index in [1.807, 2.05) is 6.92 Å². The number of nitrogens with zero attached hydrogens (tertiary/aromatic N) is 1. The number of hydrogen-bond acceptors (Lipinski definition) is 4. The standard InChI is InChI=1S/C24H18ClFN2O3/c1-14-18(25)7-5-8-19(14)27-22-21(17-6-3-4-9-20(17)31-2)23(29)28(24(22)30)16-12-10-15(26)11-13-16/h3-13,27H,1-2H3. The Hall–Kier alpha value is -3.64. The molecule has 0 unspecified atom stereocenters. The van der Waals surface area contributed by atoms with Gasteiger partial charge >= 0.3 is 0 Å². The fourth-order valence-corrected chi connectivity index (χ4v) is 3.62. The summed E-state index contributed by atoms with van der Waals surface area (Å²) in [6.07, 6.45) is 0. The predicted octanol–water partition coefficient (Wildman–Crippen LogP) is 5.19. The zero-order valence-corrected chi connectivity index (χ0v) is 17.5. The molecule has 0 aliphatic carbocycles. The molecule has 4 rings (SSSR count). The number of para-hydroxylation sites is 1. The molecule has 0 bridgehead atoms. The van der Waals surface area contributed by atoms with Gasteiger partial charge in [-0.3, -0.25) is 9.59 Å². The summed E-state index contributed by atoms with van der Waals surface area (Å²) in [5.74, 6) is -1.12. The zero-order valence-electron chi connectivity index (χ0n) is 16.8. The van der Waals surface area contributed by atoms with Crippen LogP contribution in [0, 0.1) is 12.7 Å². The Bertz CT molecular complexity index is 1220. The van der Waals surface area contributed by atoms with Crippen LogP contribution < -0.4 is 15.0 Å². The SMILES string of the molecule is COc1ccccc1C1=C(Nc2cccc(Cl)c2C)C(=O)N(c2ccc(F)cc2)C1=O. The van der Waals surface area contributed by atoms with Gasteiger partial charge in [-0.15, -0.1) is 0 Å². The second-order valence-corrected chi connectivity index (χ2v) is 7.32. The van der Waals surface area contributed by atoms with Gasteiger partial charge in [-0.2, -0.15) is 0 Å². The van der Waals surface area contributed by atoms with Crippen LogP contribution >= 0.6 is 11.6 Å². The third kappa shape index (κ3) is 3.66. The van der Waals surface area contributed by atoms with Gasteiger partial charge in [0.15, 0.2) is 0 Å². The molecule has 5 nitrogen and oxygen atoms in total. The van der Waals surface area contributed by atoms with Crippen LogP contribution in [0.1, 0.15) is 11.1 Å². The predicted molar refractivity (Wildman–Crippen MR) is 119 cm³/mol. The van der Waals surface area contributed by atoms with Crippen molar-refractivity contribution in [3.05, 3.63) is 94.4 Å². The van der Waals surface area contributed by atoms with E-state index in [2.05, 4.69) is 5.32 Å². The van der Waals surface area contributed by atoms with Crippen molar-refractivity contribution in [3.8, 4) is 5.75 Å². The highest BCUT2D eigenvalue weighted by molar-refractivity contribution is 6.46. The maximum atomic E-state index is 13.5. The first-order valence-corrected chi connectivity index (χ1v) is 9.84. The molecule has 156 valence electrons. The maximum Gasteiger partial charge on any atom is 0.282 e. The first-order valence-electron chi connectivity index (χ1n) is 9.46. The molecule has 0 spiro atoms. The minimum atomic E-state index is -0.558. The van der Waals surface area contributed by atoms with Crippen molar-refractivity contribution in [1.82, 2.24) is 0 Å². The number of methoxy groups -OCH3 is 1. The van der Waals surface area contributed by atoms with Gasteiger partial charge in [0.25, 0.3) is 11.8 Å². The molecule has 0 radical (unpaired) electrons. The van der Waals surface area contributed by atoms with Crippen LogP contribution in [-0.4, -0.2) is 18.9 Å². The Labute approximate surface area is 183 Å². The highest BCUT2D eigenvalue weighted by Crippen LogP contribution is 2.38. The fraction of sp³-hybridized carbons (Fsp3) is 0.0833. The number of hydrogen-bond donors (Lipinski definition) is 1. The Kier molecular flexibility index (Phi) is 5.48. The third-order valence-corrected chi connectivity index (χ3v) is 5.48. The lowest BCUT2D eigenvalue weighted by Gasteiger charge is -2.16. The molecule has 1 aliphatic heterocycles. The number of halogens is 2. The van der Waals surface area contributed by atoms with Gasteiger partial charge in [-0.25, -0.2) is 9.29 Å². The van der Waals surface area contributed by atoms with Crippen LogP contribution in [0.4, 0.5) is 15.8 Å². The lowest BCUT2D eigenvalue weighted by molar-refractivity contribution is -0.120. The lowest BCUT2D eigenvalue weighted by atomic mass is 10.0. The molecule has 1 aliphatic rings. The average Bonchev–Trinajstić information content (AvgIpc) is 3.01. The molecule has 31 heavy (non-hydrogen) atoms. The van der Waals surface area contributed by atoms with E-state index in [1.165, 1.54) is 31.4 Å². The summed E-state index contributed by atoms with van der Waals surface area (Å²) in [5, 5.41) is 3.62. The number of rotatable bonds is 5. The number of nitrogens with one attached hydrogen (secondary N) is 1. The number of carbonyl (C=O) groups excluding carboxylic acids is 2. The molecule has 3 aromatic carbocycles. The topological polar surface area (TPSA) is 58.6 Å². The van der Waals surface area contributed by atoms with Crippen molar-refractivity contribution < 1.29 is 18.7 Å². The summed E-state index contributed by atoms with van der Waals surface area (Å²) in [4.78, 5) is 27.9. The van der Waals surface area contributed by atoms with Crippen molar-refractivity contribution in [2.75, 3.05) is 17.3 Å². The summed E-state index contributed by atoms with van der Waals surface area (Å²) < 4.78 is 18.8. The van der Waals surface area contributed by atoms with Crippen molar-refractivity contribution in [2.45, 2.75) is 6.92 Å². The molecule has 3 aromatic rings. The molecule has 7 heteroatoms. The van der Waals surface area contributed by atoms with Crippen molar-refractivity contribution >= 4 is 40.4 Å². The van der Waals surface area contributed by atoms with Crippen LogP contribution in [0.5, 0.6) is 5.75 Å². The Balaban J connectivity index is 1.88. The molecule has 0 fully saturated rings. The lowest BCUT2D eigenvalue weighted by Crippen LogP contribution is -2.32. The van der Waals surface area contributed by atoms with Gasteiger partial charge in [0.1, 0.15) is 17.3 Å². The van der Waals surface area contributed by atoms with E-state index < -0.39 is 17.6 Å². The average molecular weight is 437 g/mol. The number of benzene rings is 3. The first kappa shape index (κ1) is 20.6. The summed E-state index contributed by atoms with van der Waals surface area (Å²) in [6, 6.07) is 17.4. The number of anilines is 2. The van der Waals surface area contributed by atoms with E-state index in [9.17, 15) is 14.0 Å². The Morgan fingerprint density at radius 1 is 0.935 bits per heavy atom. The quantitative estimate of drug-likeness (QED) is 0.559. The van der Waals surface area contributed by atoms with E-state index in [0.29, 0.717) is 22.0 Å². The van der Waals surface area contributed by atoms with E-state index >= 15 is 0 Å². The van der Waals surface area contributed by atoms with Crippen LogP contribution in [0.25, 0.3) is 5.57 Å². The second kappa shape index (κ2) is 8.24. The molecule has 0 saturated carbocycles. The molecule has 0 aromatic heterocycles. The Morgan fingerprint density at radius 2 is 1.65 bits per heavy atom. The highest BCUT2D eigenvalue weighted by atomic mass is 35.5. The second-order valence-electron chi connectivity index (χ2n) is 6.91. The molecular weight excluding hydrogens is 419 g/mol. The minimum absolute atomic E-state index is 0.0872. The Morgan fingerprint density at radius 3 is 2.35 bits per heavy atom. The van der Waals surface area contributed by atoms with Crippen LogP contribution in [-0.2, 0) is 9.59 Å². The van der Waals surface area contributed by atoms with E-state index in [1.54, 1.807) is 42.5 Å².